The number of aromatic nitrogens is 2. The molecular formula is C28H37ClN6O2. The van der Waals surface area contributed by atoms with E-state index in [-0.39, 0.29) is 0 Å². The van der Waals surface area contributed by atoms with Gasteiger partial charge in [-0.25, -0.2) is 9.97 Å². The van der Waals surface area contributed by atoms with Crippen molar-refractivity contribution in [1.29, 1.82) is 5.26 Å². The van der Waals surface area contributed by atoms with Crippen molar-refractivity contribution in [1.82, 2.24) is 14.9 Å². The molecule has 0 bridgehead atoms. The van der Waals surface area contributed by atoms with Crippen LogP contribution in [0.4, 0.5) is 11.6 Å². The fourth-order valence-corrected chi connectivity index (χ4v) is 5.87. The summed E-state index contributed by atoms with van der Waals surface area (Å²) < 4.78 is 11.1. The summed E-state index contributed by atoms with van der Waals surface area (Å²) in [4.78, 5) is 12.0. The van der Waals surface area contributed by atoms with Crippen LogP contribution in [-0.4, -0.2) is 73.0 Å². The number of rotatable bonds is 7. The van der Waals surface area contributed by atoms with E-state index in [1.54, 1.807) is 6.20 Å². The molecule has 198 valence electrons. The molecule has 3 aliphatic rings. The van der Waals surface area contributed by atoms with Gasteiger partial charge in [0.05, 0.1) is 28.8 Å². The molecule has 8 nitrogen and oxygen atoms in total. The summed E-state index contributed by atoms with van der Waals surface area (Å²) in [6.45, 7) is 5.75. The van der Waals surface area contributed by atoms with Gasteiger partial charge in [0.15, 0.2) is 0 Å². The molecule has 0 radical (unpaired) electrons. The molecular weight excluding hydrogens is 488 g/mol. The van der Waals surface area contributed by atoms with Crippen molar-refractivity contribution in [2.24, 2.45) is 5.41 Å². The van der Waals surface area contributed by atoms with Crippen molar-refractivity contribution in [3.63, 3.8) is 0 Å². The van der Waals surface area contributed by atoms with Crippen molar-refractivity contribution in [3.05, 3.63) is 35.5 Å². The third kappa shape index (κ3) is 6.71. The van der Waals surface area contributed by atoms with Gasteiger partial charge in [-0.3, -0.25) is 4.90 Å². The number of halogens is 1. The number of nitriles is 1. The molecule has 9 heteroatoms. The van der Waals surface area contributed by atoms with Gasteiger partial charge in [-0.05, 0) is 63.1 Å². The van der Waals surface area contributed by atoms with Gasteiger partial charge in [0, 0.05) is 63.3 Å². The molecule has 1 aliphatic carbocycles. The van der Waals surface area contributed by atoms with E-state index in [4.69, 9.17) is 26.1 Å². The van der Waals surface area contributed by atoms with Crippen molar-refractivity contribution < 1.29 is 9.47 Å². The third-order valence-electron chi connectivity index (χ3n) is 8.00. The minimum atomic E-state index is -0.415. The van der Waals surface area contributed by atoms with E-state index in [0.717, 1.165) is 81.3 Å². The summed E-state index contributed by atoms with van der Waals surface area (Å²) in [5, 5.41) is 17.3. The van der Waals surface area contributed by atoms with Crippen LogP contribution >= 0.6 is 11.6 Å². The fraction of sp³-hybridized carbons (Fsp3) is 0.607. The minimum absolute atomic E-state index is 0.406. The Labute approximate surface area is 224 Å². The maximum atomic E-state index is 9.74. The topological polar surface area (TPSA) is 95.3 Å². The molecule has 3 fully saturated rings. The molecule has 2 aromatic rings. The first-order chi connectivity index (χ1) is 18.1. The Hall–Kier alpha value is -2.44. The second-order valence-electron chi connectivity index (χ2n) is 10.5. The Morgan fingerprint density at radius 1 is 1.05 bits per heavy atom. The summed E-state index contributed by atoms with van der Waals surface area (Å²) in [5.41, 5.74) is 1.22. The molecule has 37 heavy (non-hydrogen) atoms. The number of hydrogen-bond donors (Lipinski definition) is 2. The van der Waals surface area contributed by atoms with Gasteiger partial charge in [0.1, 0.15) is 11.6 Å². The lowest BCUT2D eigenvalue weighted by atomic mass is 9.82. The number of pyridine rings is 2. The van der Waals surface area contributed by atoms with Crippen LogP contribution in [0.3, 0.4) is 0 Å². The lowest BCUT2D eigenvalue weighted by Crippen LogP contribution is -2.41. The van der Waals surface area contributed by atoms with Crippen LogP contribution < -0.4 is 10.6 Å². The van der Waals surface area contributed by atoms with Gasteiger partial charge in [-0.1, -0.05) is 17.7 Å². The van der Waals surface area contributed by atoms with E-state index < -0.39 is 5.41 Å². The summed E-state index contributed by atoms with van der Waals surface area (Å²) in [6, 6.07) is 11.4. The predicted octanol–water partition coefficient (Wildman–Crippen LogP) is 4.97. The van der Waals surface area contributed by atoms with Crippen LogP contribution in [0.5, 0.6) is 0 Å². The van der Waals surface area contributed by atoms with Crippen molar-refractivity contribution in [2.75, 3.05) is 56.7 Å². The second-order valence-corrected chi connectivity index (χ2v) is 10.9. The van der Waals surface area contributed by atoms with Crippen molar-refractivity contribution in [3.8, 4) is 17.3 Å². The van der Waals surface area contributed by atoms with E-state index in [1.807, 2.05) is 24.3 Å². The van der Waals surface area contributed by atoms with E-state index in [0.29, 0.717) is 36.9 Å². The molecule has 0 atom stereocenters. The lowest BCUT2D eigenvalue weighted by Gasteiger charge is -2.36. The molecule has 2 aromatic heterocycles. The SMILES string of the molecule is N#CC1(CNc2cccc(-c3cc(N[C@H]4CC[C@H](N5CCCOCC5)CC4)ncc3Cl)n2)CCOCC1. The summed E-state index contributed by atoms with van der Waals surface area (Å²) in [7, 11) is 0. The molecule has 0 amide bonds. The number of ether oxygens (including phenoxy) is 2. The second kappa shape index (κ2) is 12.4. The first-order valence-corrected chi connectivity index (χ1v) is 14.0. The van der Waals surface area contributed by atoms with Gasteiger partial charge in [0.25, 0.3) is 0 Å². The van der Waals surface area contributed by atoms with Crippen LogP contribution in [0.1, 0.15) is 44.9 Å². The molecule has 1 saturated carbocycles. The average Bonchev–Trinajstić information content (AvgIpc) is 3.24. The van der Waals surface area contributed by atoms with Crippen LogP contribution in [0.15, 0.2) is 30.5 Å². The summed E-state index contributed by atoms with van der Waals surface area (Å²) in [6.07, 6.45) is 8.96. The number of nitrogens with zero attached hydrogens (tertiary/aromatic N) is 4. The van der Waals surface area contributed by atoms with Crippen LogP contribution in [0.2, 0.25) is 5.02 Å². The maximum Gasteiger partial charge on any atom is 0.126 e. The maximum absolute atomic E-state index is 9.74. The molecule has 2 aliphatic heterocycles. The molecule has 4 heterocycles. The first-order valence-electron chi connectivity index (χ1n) is 13.6. The molecule has 2 saturated heterocycles. The highest BCUT2D eigenvalue weighted by molar-refractivity contribution is 6.33. The highest BCUT2D eigenvalue weighted by atomic mass is 35.5. The summed E-state index contributed by atoms with van der Waals surface area (Å²) in [5.74, 6) is 1.56. The molecule has 5 rings (SSSR count). The monoisotopic (exact) mass is 524 g/mol. The van der Waals surface area contributed by atoms with Gasteiger partial charge in [-0.15, -0.1) is 0 Å². The Balaban J connectivity index is 1.21. The molecule has 0 aromatic carbocycles. The zero-order chi connectivity index (χ0) is 25.5. The largest absolute Gasteiger partial charge is 0.381 e. The highest BCUT2D eigenvalue weighted by Gasteiger charge is 2.32. The van der Waals surface area contributed by atoms with Gasteiger partial charge < -0.3 is 20.1 Å². The van der Waals surface area contributed by atoms with Crippen molar-refractivity contribution >= 4 is 23.2 Å². The van der Waals surface area contributed by atoms with E-state index in [2.05, 4.69) is 26.6 Å². The predicted molar refractivity (Wildman–Crippen MR) is 146 cm³/mol. The quantitative estimate of drug-likeness (QED) is 0.524. The number of nitrogens with one attached hydrogen (secondary N) is 2. The van der Waals surface area contributed by atoms with Gasteiger partial charge in [-0.2, -0.15) is 5.26 Å². The van der Waals surface area contributed by atoms with Gasteiger partial charge >= 0.3 is 0 Å². The minimum Gasteiger partial charge on any atom is -0.381 e. The Bertz CT molecular complexity index is 1070. The fourth-order valence-electron chi connectivity index (χ4n) is 5.67. The Kier molecular flexibility index (Phi) is 8.78. The standard InChI is InChI=1S/C28H37ClN6O2/c29-24-18-31-27(33-21-5-7-22(8-6-21)35-11-2-13-36-16-12-35)17-23(24)25-3-1-4-26(34-25)32-20-28(19-30)9-14-37-15-10-28/h1,3-4,17-18,21-22H,2,5-16,20H2,(H,31,33)(H,32,34)/t21-,22-. The molecule has 0 spiro atoms. The Morgan fingerprint density at radius 3 is 2.68 bits per heavy atom. The number of anilines is 2. The van der Waals surface area contributed by atoms with Gasteiger partial charge in [0.2, 0.25) is 0 Å². The third-order valence-corrected chi connectivity index (χ3v) is 8.30. The van der Waals surface area contributed by atoms with Crippen molar-refractivity contribution in [2.45, 2.75) is 57.0 Å². The number of hydrogen-bond acceptors (Lipinski definition) is 8. The van der Waals surface area contributed by atoms with E-state index in [9.17, 15) is 5.26 Å². The first kappa shape index (κ1) is 26.2. The average molecular weight is 525 g/mol. The van der Waals surface area contributed by atoms with E-state index in [1.165, 1.54) is 12.8 Å². The highest BCUT2D eigenvalue weighted by Crippen LogP contribution is 2.32. The zero-order valence-electron chi connectivity index (χ0n) is 21.4. The normalized spacial score (nSPS) is 24.5. The van der Waals surface area contributed by atoms with Crippen LogP contribution in [0.25, 0.3) is 11.3 Å². The lowest BCUT2D eigenvalue weighted by molar-refractivity contribution is 0.0455. The summed E-state index contributed by atoms with van der Waals surface area (Å²) >= 11 is 6.56. The molecule has 2 N–H and O–H groups in total. The zero-order valence-corrected chi connectivity index (χ0v) is 22.2. The smallest absolute Gasteiger partial charge is 0.126 e. The van der Waals surface area contributed by atoms with Crippen LogP contribution in [0, 0.1) is 16.7 Å². The van der Waals surface area contributed by atoms with Crippen LogP contribution in [-0.2, 0) is 9.47 Å². The van der Waals surface area contributed by atoms with E-state index >= 15 is 0 Å². The Morgan fingerprint density at radius 2 is 1.86 bits per heavy atom. The molecule has 0 unspecified atom stereocenters.